The van der Waals surface area contributed by atoms with Crippen LogP contribution in [0.1, 0.15) is 28.8 Å². The Morgan fingerprint density at radius 2 is 1.69 bits per heavy atom. The number of rotatable bonds is 4. The van der Waals surface area contributed by atoms with Crippen molar-refractivity contribution in [1.82, 2.24) is 4.90 Å². The average molecular weight is 493 g/mol. The molecule has 178 valence electrons. The van der Waals surface area contributed by atoms with E-state index >= 15 is 0 Å². The Bertz CT molecular complexity index is 1470. The lowest BCUT2D eigenvalue weighted by Crippen LogP contribution is -2.43. The van der Waals surface area contributed by atoms with Crippen LogP contribution < -0.4 is 10.6 Å². The summed E-state index contributed by atoms with van der Waals surface area (Å²) >= 11 is 0. The van der Waals surface area contributed by atoms with Crippen LogP contribution in [0, 0.1) is 5.82 Å². The number of fused-ring (bicyclic) bond motifs is 1. The molecule has 3 aromatic rings. The van der Waals surface area contributed by atoms with Gasteiger partial charge in [-0.2, -0.15) is 8.42 Å². The number of amidine groups is 1. The van der Waals surface area contributed by atoms with Gasteiger partial charge >= 0.3 is 0 Å². The van der Waals surface area contributed by atoms with E-state index in [1.54, 1.807) is 47.4 Å². The molecule has 2 N–H and O–H groups in total. The van der Waals surface area contributed by atoms with Crippen molar-refractivity contribution in [3.63, 3.8) is 0 Å². The summed E-state index contributed by atoms with van der Waals surface area (Å²) in [6.07, 6.45) is 1.24. The highest BCUT2D eigenvalue weighted by Gasteiger charge is 2.39. The second kappa shape index (κ2) is 8.95. The summed E-state index contributed by atoms with van der Waals surface area (Å²) < 4.78 is 42.3. The van der Waals surface area contributed by atoms with Crippen molar-refractivity contribution in [3.05, 3.63) is 89.7 Å². The monoisotopic (exact) mass is 492 g/mol. The molecule has 35 heavy (non-hydrogen) atoms. The van der Waals surface area contributed by atoms with Crippen molar-refractivity contribution in [3.8, 4) is 0 Å². The third-order valence-corrected chi connectivity index (χ3v) is 7.24. The number of sulfonamides is 1. The number of amides is 2. The molecule has 2 aliphatic heterocycles. The van der Waals surface area contributed by atoms with Gasteiger partial charge in [-0.25, -0.2) is 4.39 Å². The summed E-state index contributed by atoms with van der Waals surface area (Å²) in [5.74, 6) is -0.959. The Morgan fingerprint density at radius 3 is 2.49 bits per heavy atom. The van der Waals surface area contributed by atoms with Gasteiger partial charge in [0.15, 0.2) is 5.84 Å². The molecular formula is C25H21FN4O4S. The summed E-state index contributed by atoms with van der Waals surface area (Å²) in [7, 11) is -3.80. The Hall–Kier alpha value is -4.05. The van der Waals surface area contributed by atoms with Crippen LogP contribution in [-0.2, 0) is 14.8 Å². The van der Waals surface area contributed by atoms with Crippen molar-refractivity contribution >= 4 is 39.0 Å². The molecule has 2 amide bonds. The number of likely N-dealkylation sites (tertiary alicyclic amines) is 1. The summed E-state index contributed by atoms with van der Waals surface area (Å²) in [6.45, 7) is 0.497. The number of anilines is 2. The first-order valence-electron chi connectivity index (χ1n) is 11.0. The minimum Gasteiger partial charge on any atom is -0.343 e. The van der Waals surface area contributed by atoms with Gasteiger partial charge in [-0.05, 0) is 61.4 Å². The fraction of sp³-hybridized carbons (Fsp3) is 0.160. The van der Waals surface area contributed by atoms with Gasteiger partial charge in [0.05, 0.1) is 0 Å². The summed E-state index contributed by atoms with van der Waals surface area (Å²) in [5, 5.41) is 5.45. The highest BCUT2D eigenvalue weighted by atomic mass is 32.2. The zero-order valence-corrected chi connectivity index (χ0v) is 19.3. The van der Waals surface area contributed by atoms with Gasteiger partial charge in [0, 0.05) is 29.0 Å². The van der Waals surface area contributed by atoms with E-state index in [2.05, 4.69) is 15.0 Å². The fourth-order valence-electron chi connectivity index (χ4n) is 4.32. The molecule has 0 spiro atoms. The van der Waals surface area contributed by atoms with E-state index < -0.39 is 27.8 Å². The average Bonchev–Trinajstić information content (AvgIpc) is 3.42. The summed E-state index contributed by atoms with van der Waals surface area (Å²) in [6, 6.07) is 17.9. The van der Waals surface area contributed by atoms with Crippen molar-refractivity contribution in [1.29, 1.82) is 0 Å². The number of hydrogen-bond donors (Lipinski definition) is 2. The van der Waals surface area contributed by atoms with Gasteiger partial charge in [-0.1, -0.05) is 24.3 Å². The van der Waals surface area contributed by atoms with Crippen molar-refractivity contribution in [2.75, 3.05) is 17.2 Å². The van der Waals surface area contributed by atoms with Crippen LogP contribution in [0.2, 0.25) is 0 Å². The molecule has 0 unspecified atom stereocenters. The van der Waals surface area contributed by atoms with Crippen molar-refractivity contribution in [2.24, 2.45) is 4.40 Å². The smallest absolute Gasteiger partial charge is 0.285 e. The van der Waals surface area contributed by atoms with Crippen LogP contribution in [0.4, 0.5) is 15.8 Å². The van der Waals surface area contributed by atoms with Gasteiger partial charge in [0.25, 0.3) is 15.9 Å². The number of carbonyl (C=O) groups is 2. The highest BCUT2D eigenvalue weighted by molar-refractivity contribution is 7.90. The molecule has 1 fully saturated rings. The maximum atomic E-state index is 13.4. The number of halogens is 1. The van der Waals surface area contributed by atoms with Crippen LogP contribution in [0.15, 0.2) is 82.1 Å². The van der Waals surface area contributed by atoms with E-state index in [1.165, 1.54) is 30.3 Å². The first-order valence-corrected chi connectivity index (χ1v) is 12.4. The predicted octanol–water partition coefficient (Wildman–Crippen LogP) is 3.63. The third-order valence-electron chi connectivity index (χ3n) is 5.91. The lowest BCUT2D eigenvalue weighted by Gasteiger charge is -2.25. The Morgan fingerprint density at radius 1 is 0.943 bits per heavy atom. The topological polar surface area (TPSA) is 108 Å². The van der Waals surface area contributed by atoms with E-state index in [-0.39, 0.29) is 22.2 Å². The maximum Gasteiger partial charge on any atom is 0.285 e. The SMILES string of the molecule is O=C(Nc1cccc(F)c1)c1cccc(NC(=O)[C@@H]2CCCN2C2=NS(=O)(=O)c3ccccc32)c1. The molecule has 0 radical (unpaired) electrons. The first kappa shape index (κ1) is 22.7. The summed E-state index contributed by atoms with van der Waals surface area (Å²) in [5.41, 5.74) is 1.51. The van der Waals surface area contributed by atoms with Crippen LogP contribution in [0.25, 0.3) is 0 Å². The Kier molecular flexibility index (Phi) is 5.81. The van der Waals surface area contributed by atoms with Gasteiger partial charge in [-0.3, -0.25) is 9.59 Å². The van der Waals surface area contributed by atoms with E-state index in [9.17, 15) is 22.4 Å². The zero-order valence-electron chi connectivity index (χ0n) is 18.4. The lowest BCUT2D eigenvalue weighted by atomic mass is 10.1. The molecule has 0 saturated carbocycles. The van der Waals surface area contributed by atoms with E-state index in [1.807, 2.05) is 0 Å². The number of nitrogens with one attached hydrogen (secondary N) is 2. The molecule has 3 aromatic carbocycles. The van der Waals surface area contributed by atoms with Crippen LogP contribution >= 0.6 is 0 Å². The van der Waals surface area contributed by atoms with Crippen LogP contribution in [-0.4, -0.2) is 43.6 Å². The van der Waals surface area contributed by atoms with Crippen molar-refractivity contribution in [2.45, 2.75) is 23.8 Å². The van der Waals surface area contributed by atoms with Gasteiger partial charge in [-0.15, -0.1) is 4.40 Å². The number of hydrogen-bond acceptors (Lipinski definition) is 5. The largest absolute Gasteiger partial charge is 0.343 e. The van der Waals surface area contributed by atoms with Crippen LogP contribution in [0.3, 0.4) is 0 Å². The van der Waals surface area contributed by atoms with Crippen LogP contribution in [0.5, 0.6) is 0 Å². The number of nitrogens with zero attached hydrogens (tertiary/aromatic N) is 2. The van der Waals surface area contributed by atoms with Crippen molar-refractivity contribution < 1.29 is 22.4 Å². The highest BCUT2D eigenvalue weighted by Crippen LogP contribution is 2.31. The number of benzene rings is 3. The molecule has 2 aliphatic rings. The molecule has 0 aliphatic carbocycles. The maximum absolute atomic E-state index is 13.4. The van der Waals surface area contributed by atoms with Gasteiger partial charge in [0.1, 0.15) is 16.8 Å². The second-order valence-corrected chi connectivity index (χ2v) is 9.84. The molecule has 1 atom stereocenters. The normalized spacial score (nSPS) is 18.0. The summed E-state index contributed by atoms with van der Waals surface area (Å²) in [4.78, 5) is 27.6. The molecule has 8 nitrogen and oxygen atoms in total. The zero-order chi connectivity index (χ0) is 24.6. The van der Waals surface area contributed by atoms with E-state index in [0.717, 1.165) is 0 Å². The standard InChI is InChI=1S/C25H21FN4O4S/c26-17-7-4-9-19(15-17)27-24(31)16-6-3-8-18(14-16)28-25(32)21-11-5-13-30(21)23-20-10-1-2-12-22(20)35(33,34)29-23/h1-4,6-10,12,14-15,21H,5,11,13H2,(H,27,31)(H,28,32)/t21-/m0/s1. The molecular weight excluding hydrogens is 471 g/mol. The molecule has 10 heteroatoms. The Labute approximate surface area is 201 Å². The second-order valence-electron chi connectivity index (χ2n) is 8.27. The van der Waals surface area contributed by atoms with Gasteiger partial charge < -0.3 is 15.5 Å². The molecule has 0 aromatic heterocycles. The Balaban J connectivity index is 1.32. The minimum atomic E-state index is -3.80. The molecule has 1 saturated heterocycles. The lowest BCUT2D eigenvalue weighted by molar-refractivity contribution is -0.119. The molecule has 2 heterocycles. The predicted molar refractivity (Wildman–Crippen MR) is 129 cm³/mol. The molecule has 0 bridgehead atoms. The number of carbonyl (C=O) groups excluding carboxylic acids is 2. The fourth-order valence-corrected chi connectivity index (χ4v) is 5.54. The molecule has 5 rings (SSSR count). The third kappa shape index (κ3) is 4.52. The van der Waals surface area contributed by atoms with E-state index in [4.69, 9.17) is 0 Å². The van der Waals surface area contributed by atoms with E-state index in [0.29, 0.717) is 36.3 Å². The first-order chi connectivity index (χ1) is 16.8. The quantitative estimate of drug-likeness (QED) is 0.578. The minimum absolute atomic E-state index is 0.137. The van der Waals surface area contributed by atoms with Gasteiger partial charge in [0.2, 0.25) is 5.91 Å².